The fraction of sp³-hybridized carbons (Fsp3) is 0.250. The third-order valence-electron chi connectivity index (χ3n) is 1.55. The van der Waals surface area contributed by atoms with Crippen LogP contribution in [0, 0.1) is 0 Å². The van der Waals surface area contributed by atoms with Gasteiger partial charge in [-0.1, -0.05) is 12.1 Å². The summed E-state index contributed by atoms with van der Waals surface area (Å²) in [6.45, 7) is 1.60. The second kappa shape index (κ2) is 4.62. The normalized spacial score (nSPS) is 12.8. The minimum absolute atomic E-state index is 0.548. The molecule has 0 heterocycles. The fourth-order valence-electron chi connectivity index (χ4n) is 0.856. The lowest BCUT2D eigenvalue weighted by molar-refractivity contribution is 0.608. The second-order valence-electron chi connectivity index (χ2n) is 2.59. The Morgan fingerprint density at radius 3 is 2.54 bits per heavy atom. The lowest BCUT2D eigenvalue weighted by atomic mass is 10.3. The number of hydrogen-bond acceptors (Lipinski definition) is 3. The number of halogens is 1. The average molecular weight is 264 g/mol. The third-order valence-corrected chi connectivity index (χ3v) is 3.01. The quantitative estimate of drug-likeness (QED) is 0.818. The van der Waals surface area contributed by atoms with Gasteiger partial charge in [0.2, 0.25) is 0 Å². The first-order chi connectivity index (χ1) is 6.11. The van der Waals surface area contributed by atoms with Gasteiger partial charge in [0.1, 0.15) is 5.37 Å². The first kappa shape index (κ1) is 10.5. The number of hydrogen-bond donors (Lipinski definition) is 2. The van der Waals surface area contributed by atoms with Gasteiger partial charge in [0, 0.05) is 10.2 Å². The monoisotopic (exact) mass is 263 g/mol. The molecule has 0 fully saturated rings. The van der Waals surface area contributed by atoms with Crippen molar-refractivity contribution in [1.29, 1.82) is 0 Å². The molecule has 0 saturated heterocycles. The van der Waals surface area contributed by atoms with Crippen LogP contribution in [-0.4, -0.2) is 13.8 Å². The molecule has 1 N–H and O–H groups in total. The first-order valence-corrected chi connectivity index (χ1v) is 5.80. The molecule has 0 aliphatic carbocycles. The molecule has 0 spiro atoms. The van der Waals surface area contributed by atoms with Crippen molar-refractivity contribution >= 4 is 32.3 Å². The van der Waals surface area contributed by atoms with Crippen molar-refractivity contribution in [3.8, 4) is 0 Å². The van der Waals surface area contributed by atoms with E-state index in [4.69, 9.17) is 0 Å². The maximum absolute atomic E-state index is 10.6. The Labute approximate surface area is 87.2 Å². The summed E-state index contributed by atoms with van der Waals surface area (Å²) in [5.41, 5.74) is 0.786. The highest BCUT2D eigenvalue weighted by molar-refractivity contribution is 9.10. The van der Waals surface area contributed by atoms with Crippen LogP contribution >= 0.6 is 15.9 Å². The Morgan fingerprint density at radius 2 is 2.00 bits per heavy atom. The maximum Gasteiger partial charge on any atom is 0.160 e. The highest BCUT2D eigenvalue weighted by Crippen LogP contribution is 2.21. The van der Waals surface area contributed by atoms with Crippen molar-refractivity contribution < 1.29 is 8.42 Å². The molecule has 1 aromatic rings. The number of thiol groups is 1. The van der Waals surface area contributed by atoms with Crippen molar-refractivity contribution in [3.63, 3.8) is 0 Å². The van der Waals surface area contributed by atoms with Gasteiger partial charge >= 0.3 is 0 Å². The molecule has 5 heteroatoms. The van der Waals surface area contributed by atoms with Crippen LogP contribution in [0.4, 0.5) is 5.69 Å². The minimum atomic E-state index is -2.43. The van der Waals surface area contributed by atoms with E-state index in [9.17, 15) is 8.42 Å². The largest absolute Gasteiger partial charge is 0.369 e. The van der Waals surface area contributed by atoms with Gasteiger partial charge in [-0.15, -0.1) is 0 Å². The molecule has 0 bridgehead atoms. The number of nitrogens with one attached hydrogen (secondary N) is 1. The van der Waals surface area contributed by atoms with E-state index in [0.29, 0.717) is 0 Å². The lowest BCUT2D eigenvalue weighted by Crippen LogP contribution is -2.16. The fourth-order valence-corrected chi connectivity index (χ4v) is 1.50. The highest BCUT2D eigenvalue weighted by Gasteiger charge is 2.05. The van der Waals surface area contributed by atoms with E-state index in [0.717, 1.165) is 10.2 Å². The molecule has 1 rings (SSSR count). The number of rotatable bonds is 3. The predicted octanol–water partition coefficient (Wildman–Crippen LogP) is 1.82. The number of para-hydroxylation sites is 1. The molecule has 13 heavy (non-hydrogen) atoms. The molecule has 1 unspecified atom stereocenters. The summed E-state index contributed by atoms with van der Waals surface area (Å²) < 4.78 is 22.0. The maximum atomic E-state index is 10.6. The molecule has 72 valence electrons. The molecule has 0 saturated carbocycles. The molecule has 0 aromatic heterocycles. The van der Waals surface area contributed by atoms with E-state index in [1.54, 1.807) is 6.92 Å². The van der Waals surface area contributed by atoms with Crippen LogP contribution in [0.25, 0.3) is 0 Å². The zero-order valence-corrected chi connectivity index (χ0v) is 9.51. The van der Waals surface area contributed by atoms with Crippen LogP contribution in [0.2, 0.25) is 0 Å². The molecule has 0 aliphatic rings. The minimum Gasteiger partial charge on any atom is -0.369 e. The average Bonchev–Trinajstić information content (AvgIpc) is 2.08. The van der Waals surface area contributed by atoms with Crippen molar-refractivity contribution in [2.75, 3.05) is 5.32 Å². The van der Waals surface area contributed by atoms with E-state index in [-0.39, 0.29) is 0 Å². The molecule has 1 atom stereocenters. The van der Waals surface area contributed by atoms with Crippen molar-refractivity contribution in [2.24, 2.45) is 0 Å². The summed E-state index contributed by atoms with van der Waals surface area (Å²) in [6, 6.07) is 7.39. The van der Waals surface area contributed by atoms with Gasteiger partial charge in [0.05, 0.1) is 0 Å². The van der Waals surface area contributed by atoms with Crippen LogP contribution in [0.15, 0.2) is 28.7 Å². The van der Waals surface area contributed by atoms with Crippen molar-refractivity contribution in [2.45, 2.75) is 12.3 Å². The van der Waals surface area contributed by atoms with Crippen LogP contribution < -0.4 is 5.32 Å². The van der Waals surface area contributed by atoms with Crippen LogP contribution in [-0.2, 0) is 10.7 Å². The Kier molecular flexibility index (Phi) is 3.74. The van der Waals surface area contributed by atoms with Crippen LogP contribution in [0.3, 0.4) is 0 Å². The number of anilines is 1. The smallest absolute Gasteiger partial charge is 0.160 e. The van der Waals surface area contributed by atoms with E-state index in [1.807, 2.05) is 24.3 Å². The molecule has 0 amide bonds. The molecule has 3 nitrogen and oxygen atoms in total. The van der Waals surface area contributed by atoms with Gasteiger partial charge in [-0.05, 0) is 35.0 Å². The van der Waals surface area contributed by atoms with Gasteiger partial charge in [-0.3, -0.25) is 0 Å². The summed E-state index contributed by atoms with van der Waals surface area (Å²) in [5, 5.41) is 2.32. The van der Waals surface area contributed by atoms with Gasteiger partial charge in [-0.2, -0.15) is 0 Å². The van der Waals surface area contributed by atoms with Crippen LogP contribution in [0.1, 0.15) is 6.92 Å². The topological polar surface area (TPSA) is 46.2 Å². The van der Waals surface area contributed by atoms with E-state index >= 15 is 0 Å². The van der Waals surface area contributed by atoms with Crippen LogP contribution in [0.5, 0.6) is 0 Å². The Morgan fingerprint density at radius 1 is 1.38 bits per heavy atom. The molecule has 0 radical (unpaired) electrons. The number of benzene rings is 1. The predicted molar refractivity (Wildman–Crippen MR) is 57.5 cm³/mol. The Bertz CT molecular complexity index is 357. The van der Waals surface area contributed by atoms with Crippen molar-refractivity contribution in [1.82, 2.24) is 0 Å². The van der Waals surface area contributed by atoms with Gasteiger partial charge < -0.3 is 5.32 Å². The Hall–Kier alpha value is -0.550. The van der Waals surface area contributed by atoms with Gasteiger partial charge in [0.25, 0.3) is 0 Å². The molecule has 1 aromatic carbocycles. The molecular formula is C8H10BrNO2S. The third kappa shape index (κ3) is 3.00. The summed E-state index contributed by atoms with van der Waals surface area (Å²) >= 11 is 3.31. The summed E-state index contributed by atoms with van der Waals surface area (Å²) in [4.78, 5) is 0. The Balaban J connectivity index is 2.80. The van der Waals surface area contributed by atoms with E-state index in [2.05, 4.69) is 21.2 Å². The van der Waals surface area contributed by atoms with Gasteiger partial charge in [-0.25, -0.2) is 8.42 Å². The first-order valence-electron chi connectivity index (χ1n) is 3.76. The standard InChI is InChI=1S/C8H10BrNO2S/c1-6(13(11)12)10-8-5-3-2-4-7(8)9/h2-6,10,13H,1H3. The highest BCUT2D eigenvalue weighted by atomic mass is 79.9. The summed E-state index contributed by atoms with van der Waals surface area (Å²) in [5.74, 6) is 0. The molecule has 0 aliphatic heterocycles. The second-order valence-corrected chi connectivity index (χ2v) is 4.79. The molecular weight excluding hydrogens is 254 g/mol. The SMILES string of the molecule is CC(Nc1ccccc1Br)[SH](=O)=O. The summed E-state index contributed by atoms with van der Waals surface area (Å²) in [6.07, 6.45) is 0. The lowest BCUT2D eigenvalue weighted by Gasteiger charge is -2.10. The van der Waals surface area contributed by atoms with E-state index in [1.165, 1.54) is 0 Å². The van der Waals surface area contributed by atoms with E-state index < -0.39 is 16.1 Å². The van der Waals surface area contributed by atoms with Gasteiger partial charge in [0.15, 0.2) is 10.7 Å². The zero-order valence-electron chi connectivity index (χ0n) is 7.03. The zero-order chi connectivity index (χ0) is 9.84. The van der Waals surface area contributed by atoms with Crippen molar-refractivity contribution in [3.05, 3.63) is 28.7 Å². The summed E-state index contributed by atoms with van der Waals surface area (Å²) in [7, 11) is -2.43.